The monoisotopic (exact) mass is 351 g/mol. The molecule has 0 bridgehead atoms. The van der Waals surface area contributed by atoms with E-state index in [4.69, 9.17) is 0 Å². The Morgan fingerprint density at radius 1 is 1.24 bits per heavy atom. The van der Waals surface area contributed by atoms with Crippen LogP contribution in [-0.2, 0) is 6.61 Å². The molecule has 0 aliphatic rings. The molecule has 0 aliphatic heterocycles. The maximum atomic E-state index is 13.0. The van der Waals surface area contributed by atoms with Gasteiger partial charge in [-0.3, -0.25) is 9.20 Å². The summed E-state index contributed by atoms with van der Waals surface area (Å²) in [6.07, 6.45) is 1.32. The Bertz CT molecular complexity index is 958. The normalized spacial score (nSPS) is 11.1. The molecule has 2 N–H and O–H groups in total. The summed E-state index contributed by atoms with van der Waals surface area (Å²) in [5, 5.41) is 12.3. The highest BCUT2D eigenvalue weighted by atomic mass is 19.3. The first-order valence-electron chi connectivity index (χ1n) is 7.12. The number of anilines is 2. The van der Waals surface area contributed by atoms with Crippen molar-refractivity contribution < 1.29 is 23.0 Å². The van der Waals surface area contributed by atoms with Crippen LogP contribution < -0.4 is 15.6 Å². The number of alkyl halides is 2. The maximum absolute atomic E-state index is 13.0. The number of nitrogens with zero attached hydrogens (tertiary/aromatic N) is 2. The van der Waals surface area contributed by atoms with Crippen molar-refractivity contribution in [3.05, 3.63) is 64.3 Å². The fourth-order valence-corrected chi connectivity index (χ4v) is 2.28. The molecule has 0 unspecified atom stereocenters. The standard InChI is InChI=1S/C16H12F3N3O3/c17-9-3-5-10(6-4-9)20-13-11(8-23)15(24)22-7-1-2-12(14(22)21-13)25-16(18)19/h1-7,16,20,23H,8H2. The third-order valence-corrected chi connectivity index (χ3v) is 3.39. The number of halogens is 3. The third-order valence-electron chi connectivity index (χ3n) is 3.39. The molecule has 0 amide bonds. The Morgan fingerprint density at radius 3 is 2.60 bits per heavy atom. The smallest absolute Gasteiger partial charge is 0.387 e. The fraction of sp³-hybridized carbons (Fsp3) is 0.125. The molecular formula is C16H12F3N3O3. The van der Waals surface area contributed by atoms with Crippen molar-refractivity contribution in [2.45, 2.75) is 13.2 Å². The zero-order chi connectivity index (χ0) is 18.0. The van der Waals surface area contributed by atoms with Crippen LogP contribution in [0.15, 0.2) is 47.4 Å². The Labute approximate surface area is 139 Å². The number of aromatic nitrogens is 2. The number of aliphatic hydroxyl groups excluding tert-OH is 1. The summed E-state index contributed by atoms with van der Waals surface area (Å²) in [5.74, 6) is -0.780. The predicted octanol–water partition coefficient (Wildman–Crippen LogP) is 2.67. The summed E-state index contributed by atoms with van der Waals surface area (Å²) >= 11 is 0. The molecule has 25 heavy (non-hydrogen) atoms. The number of fused-ring (bicyclic) bond motifs is 1. The van der Waals surface area contributed by atoms with Gasteiger partial charge in [0.1, 0.15) is 11.6 Å². The van der Waals surface area contributed by atoms with Crippen molar-refractivity contribution in [3.8, 4) is 5.75 Å². The molecule has 0 radical (unpaired) electrons. The molecule has 6 nitrogen and oxygen atoms in total. The highest BCUT2D eigenvalue weighted by molar-refractivity contribution is 5.64. The number of benzene rings is 1. The molecule has 0 saturated heterocycles. The summed E-state index contributed by atoms with van der Waals surface area (Å²) in [6.45, 7) is -3.72. The molecule has 130 valence electrons. The molecule has 1 aromatic carbocycles. The fourth-order valence-electron chi connectivity index (χ4n) is 2.28. The van der Waals surface area contributed by atoms with Gasteiger partial charge in [0, 0.05) is 11.9 Å². The lowest BCUT2D eigenvalue weighted by atomic mass is 10.2. The Kier molecular flexibility index (Phi) is 4.57. The minimum Gasteiger partial charge on any atom is -0.431 e. The molecule has 0 aliphatic carbocycles. The van der Waals surface area contributed by atoms with Gasteiger partial charge < -0.3 is 15.2 Å². The zero-order valence-electron chi connectivity index (χ0n) is 12.6. The third kappa shape index (κ3) is 3.41. The van der Waals surface area contributed by atoms with E-state index in [-0.39, 0.29) is 22.8 Å². The van der Waals surface area contributed by atoms with Gasteiger partial charge in [-0.1, -0.05) is 0 Å². The van der Waals surface area contributed by atoms with E-state index in [1.54, 1.807) is 0 Å². The summed E-state index contributed by atoms with van der Waals surface area (Å²) in [6, 6.07) is 7.79. The first-order valence-corrected chi connectivity index (χ1v) is 7.12. The van der Waals surface area contributed by atoms with Gasteiger partial charge in [-0.15, -0.1) is 0 Å². The van der Waals surface area contributed by atoms with Crippen LogP contribution in [0.1, 0.15) is 5.56 Å². The van der Waals surface area contributed by atoms with E-state index in [2.05, 4.69) is 15.0 Å². The first-order chi connectivity index (χ1) is 12.0. The molecule has 2 heterocycles. The molecular weight excluding hydrogens is 339 g/mol. The summed E-state index contributed by atoms with van der Waals surface area (Å²) in [7, 11) is 0. The van der Waals surface area contributed by atoms with E-state index in [0.29, 0.717) is 5.69 Å². The molecule has 0 atom stereocenters. The largest absolute Gasteiger partial charge is 0.431 e. The molecule has 0 saturated carbocycles. The minimum absolute atomic E-state index is 0.0376. The second-order valence-corrected chi connectivity index (χ2v) is 4.98. The Hall–Kier alpha value is -3.07. The van der Waals surface area contributed by atoms with Crippen LogP contribution in [0.25, 0.3) is 5.65 Å². The first kappa shape index (κ1) is 16.8. The van der Waals surface area contributed by atoms with E-state index in [9.17, 15) is 23.1 Å². The van der Waals surface area contributed by atoms with E-state index < -0.39 is 24.6 Å². The lowest BCUT2D eigenvalue weighted by Crippen LogP contribution is -2.22. The van der Waals surface area contributed by atoms with Gasteiger partial charge in [0.2, 0.25) is 0 Å². The van der Waals surface area contributed by atoms with Crippen LogP contribution >= 0.6 is 0 Å². The minimum atomic E-state index is -3.09. The molecule has 2 aromatic heterocycles. The van der Waals surface area contributed by atoms with Crippen LogP contribution in [-0.4, -0.2) is 21.1 Å². The number of ether oxygens (including phenoxy) is 1. The number of nitrogens with one attached hydrogen (secondary N) is 1. The summed E-state index contributed by atoms with van der Waals surface area (Å²) in [4.78, 5) is 16.6. The number of hydrogen-bond acceptors (Lipinski definition) is 5. The van der Waals surface area contributed by atoms with Crippen molar-refractivity contribution >= 4 is 17.2 Å². The van der Waals surface area contributed by atoms with Crippen LogP contribution in [0.2, 0.25) is 0 Å². The Morgan fingerprint density at radius 2 is 1.96 bits per heavy atom. The number of rotatable bonds is 5. The molecule has 3 aromatic rings. The Balaban J connectivity index is 2.16. The van der Waals surface area contributed by atoms with Gasteiger partial charge in [-0.2, -0.15) is 8.78 Å². The van der Waals surface area contributed by atoms with Crippen LogP contribution in [0.5, 0.6) is 5.75 Å². The van der Waals surface area contributed by atoms with E-state index in [0.717, 1.165) is 4.40 Å². The van der Waals surface area contributed by atoms with Gasteiger partial charge >= 0.3 is 6.61 Å². The van der Waals surface area contributed by atoms with Gasteiger partial charge in [-0.25, -0.2) is 9.37 Å². The quantitative estimate of drug-likeness (QED) is 0.739. The topological polar surface area (TPSA) is 75.9 Å². The lowest BCUT2D eigenvalue weighted by Gasteiger charge is -2.13. The van der Waals surface area contributed by atoms with Crippen molar-refractivity contribution in [3.63, 3.8) is 0 Å². The zero-order valence-corrected chi connectivity index (χ0v) is 12.6. The molecule has 0 spiro atoms. The van der Waals surface area contributed by atoms with Gasteiger partial charge in [0.05, 0.1) is 12.2 Å². The van der Waals surface area contributed by atoms with E-state index >= 15 is 0 Å². The van der Waals surface area contributed by atoms with Crippen molar-refractivity contribution in [1.29, 1.82) is 0 Å². The van der Waals surface area contributed by atoms with Gasteiger partial charge in [0.15, 0.2) is 11.4 Å². The van der Waals surface area contributed by atoms with Crippen molar-refractivity contribution in [2.24, 2.45) is 0 Å². The van der Waals surface area contributed by atoms with Crippen LogP contribution in [0.3, 0.4) is 0 Å². The highest BCUT2D eigenvalue weighted by Gasteiger charge is 2.16. The summed E-state index contributed by atoms with van der Waals surface area (Å²) < 4.78 is 43.5. The lowest BCUT2D eigenvalue weighted by molar-refractivity contribution is -0.0491. The van der Waals surface area contributed by atoms with Gasteiger partial charge in [0.25, 0.3) is 5.56 Å². The predicted molar refractivity (Wildman–Crippen MR) is 83.7 cm³/mol. The van der Waals surface area contributed by atoms with Crippen molar-refractivity contribution in [1.82, 2.24) is 9.38 Å². The van der Waals surface area contributed by atoms with Crippen molar-refractivity contribution in [2.75, 3.05) is 5.32 Å². The van der Waals surface area contributed by atoms with Gasteiger partial charge in [-0.05, 0) is 36.4 Å². The van der Waals surface area contributed by atoms with Crippen LogP contribution in [0.4, 0.5) is 24.7 Å². The average molecular weight is 351 g/mol. The SMILES string of the molecule is O=c1c(CO)c(Nc2ccc(F)cc2)nc2c(OC(F)F)cccn12. The number of pyridine rings is 1. The second-order valence-electron chi connectivity index (χ2n) is 4.98. The molecule has 3 rings (SSSR count). The molecule has 0 fully saturated rings. The van der Waals surface area contributed by atoms with E-state index in [1.165, 1.54) is 42.6 Å². The summed E-state index contributed by atoms with van der Waals surface area (Å²) in [5.41, 5.74) is -0.456. The second kappa shape index (κ2) is 6.81. The number of hydrogen-bond donors (Lipinski definition) is 2. The van der Waals surface area contributed by atoms with Crippen LogP contribution in [0, 0.1) is 5.82 Å². The maximum Gasteiger partial charge on any atom is 0.387 e. The molecule has 9 heteroatoms. The average Bonchev–Trinajstić information content (AvgIpc) is 2.58. The van der Waals surface area contributed by atoms with E-state index in [1.807, 2.05) is 0 Å². The highest BCUT2D eigenvalue weighted by Crippen LogP contribution is 2.23. The number of aliphatic hydroxyl groups is 1.